The number of imidazole rings is 1. The van der Waals surface area contributed by atoms with E-state index in [0.29, 0.717) is 5.92 Å². The highest BCUT2D eigenvalue weighted by molar-refractivity contribution is 5.85. The molecule has 1 aromatic carbocycles. The number of carbonyl (C=O) groups is 1. The molecule has 104 valence electrons. The van der Waals surface area contributed by atoms with Crippen molar-refractivity contribution in [2.45, 2.75) is 33.2 Å². The maximum absolute atomic E-state index is 11.2. The molecule has 0 saturated carbocycles. The Bertz CT molecular complexity index is 578. The molecule has 0 spiro atoms. The first kappa shape index (κ1) is 15.5. The highest BCUT2D eigenvalue weighted by Crippen LogP contribution is 2.23. The fourth-order valence-corrected chi connectivity index (χ4v) is 2.15. The van der Waals surface area contributed by atoms with Crippen LogP contribution in [-0.2, 0) is 11.2 Å². The molecule has 0 amide bonds. The number of aliphatic carboxylic acids is 1. The molecule has 0 bridgehead atoms. The van der Waals surface area contributed by atoms with Crippen molar-refractivity contribution in [3.63, 3.8) is 0 Å². The molecule has 1 aromatic heterocycles. The third-order valence-electron chi connectivity index (χ3n) is 3.00. The summed E-state index contributed by atoms with van der Waals surface area (Å²) in [7, 11) is 0. The zero-order chi connectivity index (χ0) is 13.3. The van der Waals surface area contributed by atoms with Crippen molar-refractivity contribution in [1.29, 1.82) is 0 Å². The highest BCUT2D eigenvalue weighted by atomic mass is 35.5. The summed E-state index contributed by atoms with van der Waals surface area (Å²) in [6.45, 7) is 5.91. The first-order chi connectivity index (χ1) is 8.50. The normalized spacial score (nSPS) is 12.4. The van der Waals surface area contributed by atoms with Crippen LogP contribution in [0.4, 0.5) is 0 Å². The summed E-state index contributed by atoms with van der Waals surface area (Å²) in [6.07, 6.45) is 0.784. The van der Waals surface area contributed by atoms with Crippen molar-refractivity contribution in [3.05, 3.63) is 30.1 Å². The summed E-state index contributed by atoms with van der Waals surface area (Å²) < 4.78 is 1.83. The SMILES string of the molecule is CC(C)Cc1nc2ccccc2n1C(C)C(=O)O.Cl. The van der Waals surface area contributed by atoms with E-state index < -0.39 is 12.0 Å². The molecule has 5 heteroatoms. The Morgan fingerprint density at radius 3 is 2.53 bits per heavy atom. The van der Waals surface area contributed by atoms with Gasteiger partial charge in [0, 0.05) is 6.42 Å². The third-order valence-corrected chi connectivity index (χ3v) is 3.00. The van der Waals surface area contributed by atoms with E-state index in [1.165, 1.54) is 0 Å². The molecule has 0 fully saturated rings. The van der Waals surface area contributed by atoms with Gasteiger partial charge in [0.15, 0.2) is 0 Å². The molecule has 0 radical (unpaired) electrons. The number of para-hydroxylation sites is 2. The van der Waals surface area contributed by atoms with Gasteiger partial charge in [-0.3, -0.25) is 0 Å². The molecular formula is C14H19ClN2O2. The number of aromatic nitrogens is 2. The number of nitrogens with zero attached hydrogens (tertiary/aromatic N) is 2. The topological polar surface area (TPSA) is 55.1 Å². The summed E-state index contributed by atoms with van der Waals surface area (Å²) in [4.78, 5) is 15.8. The molecule has 2 aromatic rings. The van der Waals surface area contributed by atoms with E-state index in [1.54, 1.807) is 6.92 Å². The lowest BCUT2D eigenvalue weighted by Gasteiger charge is -2.14. The number of hydrogen-bond donors (Lipinski definition) is 1. The van der Waals surface area contributed by atoms with E-state index in [-0.39, 0.29) is 12.4 Å². The molecule has 4 nitrogen and oxygen atoms in total. The summed E-state index contributed by atoms with van der Waals surface area (Å²) >= 11 is 0. The fourth-order valence-electron chi connectivity index (χ4n) is 2.15. The molecule has 1 atom stereocenters. The van der Waals surface area contributed by atoms with E-state index in [9.17, 15) is 9.90 Å². The summed E-state index contributed by atoms with van der Waals surface area (Å²) in [5, 5.41) is 9.22. The predicted molar refractivity (Wildman–Crippen MR) is 77.9 cm³/mol. The van der Waals surface area contributed by atoms with Crippen LogP contribution in [0.25, 0.3) is 11.0 Å². The van der Waals surface area contributed by atoms with Crippen LogP contribution >= 0.6 is 12.4 Å². The van der Waals surface area contributed by atoms with Crippen LogP contribution in [0, 0.1) is 5.92 Å². The fraction of sp³-hybridized carbons (Fsp3) is 0.429. The number of hydrogen-bond acceptors (Lipinski definition) is 2. The van der Waals surface area contributed by atoms with Gasteiger partial charge in [0.1, 0.15) is 11.9 Å². The van der Waals surface area contributed by atoms with Crippen LogP contribution in [-0.4, -0.2) is 20.6 Å². The van der Waals surface area contributed by atoms with Gasteiger partial charge in [-0.15, -0.1) is 12.4 Å². The second-order valence-corrected chi connectivity index (χ2v) is 5.00. The second-order valence-electron chi connectivity index (χ2n) is 5.00. The van der Waals surface area contributed by atoms with Crippen molar-refractivity contribution >= 4 is 29.4 Å². The summed E-state index contributed by atoms with van der Waals surface area (Å²) in [6, 6.07) is 7.08. The molecule has 1 N–H and O–H groups in total. The molecule has 1 unspecified atom stereocenters. The highest BCUT2D eigenvalue weighted by Gasteiger charge is 2.20. The molecule has 0 aliphatic carbocycles. The van der Waals surface area contributed by atoms with Gasteiger partial charge in [-0.2, -0.15) is 0 Å². The smallest absolute Gasteiger partial charge is 0.326 e. The van der Waals surface area contributed by atoms with E-state index in [2.05, 4.69) is 18.8 Å². The van der Waals surface area contributed by atoms with Crippen LogP contribution in [0.1, 0.15) is 32.6 Å². The summed E-state index contributed by atoms with van der Waals surface area (Å²) in [5.41, 5.74) is 1.75. The van der Waals surface area contributed by atoms with E-state index in [4.69, 9.17) is 0 Å². The molecule has 1 heterocycles. The van der Waals surface area contributed by atoms with Gasteiger partial charge in [0.25, 0.3) is 0 Å². The maximum atomic E-state index is 11.2. The monoisotopic (exact) mass is 282 g/mol. The van der Waals surface area contributed by atoms with Gasteiger partial charge in [0.2, 0.25) is 0 Å². The Kier molecular flexibility index (Phi) is 4.95. The third kappa shape index (κ3) is 3.07. The number of carboxylic acid groups (broad SMARTS) is 1. The minimum Gasteiger partial charge on any atom is -0.480 e. The molecular weight excluding hydrogens is 264 g/mol. The molecule has 0 aliphatic rings. The van der Waals surface area contributed by atoms with Crippen molar-refractivity contribution in [3.8, 4) is 0 Å². The Balaban J connectivity index is 0.00000180. The van der Waals surface area contributed by atoms with Crippen LogP contribution < -0.4 is 0 Å². The Morgan fingerprint density at radius 2 is 1.95 bits per heavy atom. The zero-order valence-electron chi connectivity index (χ0n) is 11.3. The van der Waals surface area contributed by atoms with E-state index >= 15 is 0 Å². The predicted octanol–water partition coefficient (Wildman–Crippen LogP) is 3.30. The minimum atomic E-state index is -0.830. The quantitative estimate of drug-likeness (QED) is 0.936. The lowest BCUT2D eigenvalue weighted by molar-refractivity contribution is -0.140. The van der Waals surface area contributed by atoms with Crippen molar-refractivity contribution in [2.75, 3.05) is 0 Å². The standard InChI is InChI=1S/C14H18N2O2.ClH/c1-9(2)8-13-15-11-6-4-5-7-12(11)16(13)10(3)14(17)18;/h4-7,9-10H,8H2,1-3H3,(H,17,18);1H. The number of rotatable bonds is 4. The number of carboxylic acids is 1. The zero-order valence-corrected chi connectivity index (χ0v) is 12.1. The van der Waals surface area contributed by atoms with Crippen molar-refractivity contribution < 1.29 is 9.90 Å². The number of benzene rings is 1. The Labute approximate surface area is 118 Å². The Hall–Kier alpha value is -1.55. The van der Waals surface area contributed by atoms with Gasteiger partial charge >= 0.3 is 5.97 Å². The van der Waals surface area contributed by atoms with Gasteiger partial charge in [-0.1, -0.05) is 26.0 Å². The minimum absolute atomic E-state index is 0. The molecule has 2 rings (SSSR count). The van der Waals surface area contributed by atoms with Gasteiger partial charge in [0.05, 0.1) is 11.0 Å². The van der Waals surface area contributed by atoms with Crippen LogP contribution in [0.2, 0.25) is 0 Å². The molecule has 19 heavy (non-hydrogen) atoms. The molecule has 0 saturated heterocycles. The average molecular weight is 283 g/mol. The van der Waals surface area contributed by atoms with Crippen molar-refractivity contribution in [2.24, 2.45) is 5.92 Å². The van der Waals surface area contributed by atoms with E-state index in [0.717, 1.165) is 23.3 Å². The average Bonchev–Trinajstić information content (AvgIpc) is 2.64. The largest absolute Gasteiger partial charge is 0.480 e. The first-order valence-electron chi connectivity index (χ1n) is 6.19. The van der Waals surface area contributed by atoms with Crippen LogP contribution in [0.15, 0.2) is 24.3 Å². The van der Waals surface area contributed by atoms with Crippen LogP contribution in [0.5, 0.6) is 0 Å². The summed E-state index contributed by atoms with van der Waals surface area (Å²) in [5.74, 6) is 0.464. The first-order valence-corrected chi connectivity index (χ1v) is 6.19. The van der Waals surface area contributed by atoms with Gasteiger partial charge in [-0.05, 0) is 25.0 Å². The lowest BCUT2D eigenvalue weighted by Crippen LogP contribution is -2.18. The van der Waals surface area contributed by atoms with Gasteiger partial charge < -0.3 is 9.67 Å². The van der Waals surface area contributed by atoms with Gasteiger partial charge in [-0.25, -0.2) is 9.78 Å². The van der Waals surface area contributed by atoms with Crippen LogP contribution in [0.3, 0.4) is 0 Å². The maximum Gasteiger partial charge on any atom is 0.326 e. The lowest BCUT2D eigenvalue weighted by atomic mass is 10.1. The Morgan fingerprint density at radius 1 is 1.32 bits per heavy atom. The second kappa shape index (κ2) is 6.06. The number of fused-ring (bicyclic) bond motifs is 1. The number of halogens is 1. The molecule has 0 aliphatic heterocycles. The van der Waals surface area contributed by atoms with E-state index in [1.807, 2.05) is 28.8 Å². The van der Waals surface area contributed by atoms with Crippen molar-refractivity contribution in [1.82, 2.24) is 9.55 Å².